The maximum atomic E-state index is 15.5. The van der Waals surface area contributed by atoms with Crippen LogP contribution < -0.4 is 20.3 Å². The molecule has 7 heterocycles. The van der Waals surface area contributed by atoms with Gasteiger partial charge in [0.1, 0.15) is 35.2 Å². The highest BCUT2D eigenvalue weighted by Gasteiger charge is 2.35. The molecule has 2 atom stereocenters. The summed E-state index contributed by atoms with van der Waals surface area (Å²) in [7, 11) is 0. The molecule has 13 heteroatoms. The fourth-order valence-corrected chi connectivity index (χ4v) is 5.02. The molecule has 38 heavy (non-hydrogen) atoms. The molecule has 194 valence electrons. The molecule has 0 spiro atoms. The van der Waals surface area contributed by atoms with Crippen LogP contribution in [-0.4, -0.2) is 59.7 Å². The minimum Gasteiger partial charge on any atom is -0.457 e. The van der Waals surface area contributed by atoms with Gasteiger partial charge >= 0.3 is 0 Å². The highest BCUT2D eigenvalue weighted by atomic mass is 35.5. The number of aromatic nitrogens is 7. The Balaban J connectivity index is 0.00000264. The van der Waals surface area contributed by atoms with Gasteiger partial charge in [0.15, 0.2) is 17.3 Å². The third-order valence-corrected chi connectivity index (χ3v) is 7.04. The number of nitrogens with zero attached hydrogens (tertiary/aromatic N) is 8. The van der Waals surface area contributed by atoms with Crippen molar-refractivity contribution in [3.63, 3.8) is 0 Å². The van der Waals surface area contributed by atoms with E-state index in [-0.39, 0.29) is 18.1 Å². The summed E-state index contributed by atoms with van der Waals surface area (Å²) in [5, 5.41) is 10.7. The first-order chi connectivity index (χ1) is 18.1. The molecule has 2 N–H and O–H groups in total. The van der Waals surface area contributed by atoms with Crippen LogP contribution >= 0.6 is 12.4 Å². The van der Waals surface area contributed by atoms with Crippen molar-refractivity contribution in [3.8, 4) is 11.5 Å². The third kappa shape index (κ3) is 4.21. The van der Waals surface area contributed by atoms with Gasteiger partial charge in [-0.05, 0) is 38.0 Å². The lowest BCUT2D eigenvalue weighted by Crippen LogP contribution is -2.61. The van der Waals surface area contributed by atoms with Gasteiger partial charge in [0.2, 0.25) is 5.95 Å². The highest BCUT2D eigenvalue weighted by Crippen LogP contribution is 2.33. The summed E-state index contributed by atoms with van der Waals surface area (Å²) < 4.78 is 23.0. The fraction of sp³-hybridized carbons (Fsp3) is 0.280. The lowest BCUT2D eigenvalue weighted by molar-refractivity contribution is 0.287. The predicted molar refractivity (Wildman–Crippen MR) is 142 cm³/mol. The summed E-state index contributed by atoms with van der Waals surface area (Å²) in [4.78, 5) is 24.4. The molecule has 3 fully saturated rings. The Morgan fingerprint density at radius 1 is 1.11 bits per heavy atom. The zero-order valence-electron chi connectivity index (χ0n) is 20.4. The molecular weight excluding hydrogens is 511 g/mol. The van der Waals surface area contributed by atoms with Crippen LogP contribution in [0.3, 0.4) is 0 Å². The van der Waals surface area contributed by atoms with Gasteiger partial charge in [-0.2, -0.15) is 5.10 Å². The van der Waals surface area contributed by atoms with Crippen molar-refractivity contribution in [1.29, 1.82) is 0 Å². The number of ether oxygens (including phenoxy) is 1. The average Bonchev–Trinajstić information content (AvgIpc) is 3.41. The van der Waals surface area contributed by atoms with E-state index in [0.29, 0.717) is 57.6 Å². The lowest BCUT2D eigenvalue weighted by Gasteiger charge is -2.45. The van der Waals surface area contributed by atoms with Gasteiger partial charge in [-0.1, -0.05) is 0 Å². The molecule has 0 radical (unpaired) electrons. The van der Waals surface area contributed by atoms with Crippen molar-refractivity contribution in [2.45, 2.75) is 31.8 Å². The SMILES string of the molecule is Cc1c(Oc2ccn3ncnc3c2)ccc(Nc2ncnc3cnc(N4C[C@H]5CC[C@@H]4CN5)nc23)c1F.Cl. The Morgan fingerprint density at radius 3 is 2.84 bits per heavy atom. The molecule has 0 unspecified atom stereocenters. The fourth-order valence-electron chi connectivity index (χ4n) is 5.02. The maximum absolute atomic E-state index is 15.5. The van der Waals surface area contributed by atoms with Crippen molar-refractivity contribution in [3.05, 3.63) is 60.7 Å². The molecule has 5 aromatic rings. The summed E-state index contributed by atoms with van der Waals surface area (Å²) in [6.45, 7) is 3.46. The third-order valence-electron chi connectivity index (χ3n) is 7.04. The number of piperidine rings is 2. The smallest absolute Gasteiger partial charge is 0.226 e. The Labute approximate surface area is 222 Å². The molecule has 4 aromatic heterocycles. The summed E-state index contributed by atoms with van der Waals surface area (Å²) >= 11 is 0. The Kier molecular flexibility index (Phi) is 6.12. The summed E-state index contributed by atoms with van der Waals surface area (Å²) in [5.41, 5.74) is 2.39. The molecule has 2 bridgehead atoms. The molecule has 3 saturated heterocycles. The van der Waals surface area contributed by atoms with Crippen LogP contribution in [0.2, 0.25) is 0 Å². The number of piperazine rings is 1. The van der Waals surface area contributed by atoms with Crippen molar-refractivity contribution >= 4 is 46.5 Å². The first kappa shape index (κ1) is 24.2. The zero-order chi connectivity index (χ0) is 24.9. The summed E-state index contributed by atoms with van der Waals surface area (Å²) in [5.74, 6) is 1.56. The van der Waals surface area contributed by atoms with Crippen LogP contribution in [0.15, 0.2) is 49.3 Å². The van der Waals surface area contributed by atoms with E-state index in [2.05, 4.69) is 40.6 Å². The number of fused-ring (bicyclic) bond motifs is 5. The zero-order valence-corrected chi connectivity index (χ0v) is 21.2. The van der Waals surface area contributed by atoms with Crippen LogP contribution in [0.5, 0.6) is 11.5 Å². The van der Waals surface area contributed by atoms with Gasteiger partial charge < -0.3 is 20.3 Å². The van der Waals surface area contributed by atoms with Crippen molar-refractivity contribution in [2.75, 3.05) is 23.3 Å². The maximum Gasteiger partial charge on any atom is 0.226 e. The number of rotatable bonds is 5. The number of hydrogen-bond acceptors (Lipinski definition) is 10. The molecular formula is C25H24ClFN10O. The normalized spacial score (nSPS) is 18.5. The topological polar surface area (TPSA) is 118 Å². The molecule has 0 amide bonds. The van der Waals surface area contributed by atoms with Crippen LogP contribution in [0.1, 0.15) is 18.4 Å². The van der Waals surface area contributed by atoms with E-state index in [1.807, 2.05) is 0 Å². The van der Waals surface area contributed by atoms with Crippen molar-refractivity contribution in [2.24, 2.45) is 0 Å². The Bertz CT molecular complexity index is 1640. The quantitative estimate of drug-likeness (QED) is 0.344. The second-order valence-corrected chi connectivity index (χ2v) is 9.32. The molecule has 11 nitrogen and oxygen atoms in total. The van der Waals surface area contributed by atoms with E-state index in [4.69, 9.17) is 9.72 Å². The van der Waals surface area contributed by atoms with E-state index in [9.17, 15) is 0 Å². The predicted octanol–water partition coefficient (Wildman–Crippen LogP) is 3.81. The van der Waals surface area contributed by atoms with E-state index in [1.165, 1.54) is 12.7 Å². The number of anilines is 3. The van der Waals surface area contributed by atoms with Gasteiger partial charge in [-0.3, -0.25) is 0 Å². The minimum atomic E-state index is -0.443. The summed E-state index contributed by atoms with van der Waals surface area (Å²) in [6, 6.07) is 7.64. The largest absolute Gasteiger partial charge is 0.457 e. The summed E-state index contributed by atoms with van der Waals surface area (Å²) in [6.07, 6.45) is 8.60. The molecule has 3 aliphatic heterocycles. The monoisotopic (exact) mass is 534 g/mol. The number of nitrogens with one attached hydrogen (secondary N) is 2. The van der Waals surface area contributed by atoms with Gasteiger partial charge in [0.05, 0.1) is 11.9 Å². The van der Waals surface area contributed by atoms with Crippen LogP contribution in [0, 0.1) is 12.7 Å². The van der Waals surface area contributed by atoms with Crippen LogP contribution in [-0.2, 0) is 0 Å². The molecule has 1 aromatic carbocycles. The Morgan fingerprint density at radius 2 is 2.03 bits per heavy atom. The number of hydrogen-bond donors (Lipinski definition) is 2. The second kappa shape index (κ2) is 9.62. The Hall–Kier alpha value is -4.16. The van der Waals surface area contributed by atoms with E-state index >= 15 is 4.39 Å². The number of halogens is 2. The van der Waals surface area contributed by atoms with E-state index in [1.54, 1.807) is 48.1 Å². The number of pyridine rings is 1. The van der Waals surface area contributed by atoms with Crippen LogP contribution in [0.25, 0.3) is 16.7 Å². The van der Waals surface area contributed by atoms with Crippen molar-refractivity contribution in [1.82, 2.24) is 39.9 Å². The first-order valence-corrected chi connectivity index (χ1v) is 12.1. The molecule has 3 aliphatic rings. The molecule has 0 aliphatic carbocycles. The van der Waals surface area contributed by atoms with Gasteiger partial charge in [0.25, 0.3) is 0 Å². The minimum absolute atomic E-state index is 0. The van der Waals surface area contributed by atoms with Gasteiger partial charge in [0, 0.05) is 43.0 Å². The second-order valence-electron chi connectivity index (χ2n) is 9.32. The molecule has 8 rings (SSSR count). The van der Waals surface area contributed by atoms with Gasteiger partial charge in [-0.25, -0.2) is 33.8 Å². The lowest BCUT2D eigenvalue weighted by atomic mass is 9.93. The van der Waals surface area contributed by atoms with E-state index in [0.717, 1.165) is 25.9 Å². The first-order valence-electron chi connectivity index (χ1n) is 12.1. The van der Waals surface area contributed by atoms with Gasteiger partial charge in [-0.15, -0.1) is 12.4 Å². The number of benzene rings is 1. The highest BCUT2D eigenvalue weighted by molar-refractivity contribution is 5.87. The van der Waals surface area contributed by atoms with Crippen LogP contribution in [0.4, 0.5) is 21.8 Å². The van der Waals surface area contributed by atoms with E-state index < -0.39 is 5.82 Å². The standard InChI is InChI=1S/C25H23FN10O.ClH/c1-14-20(37-17-6-7-36-21(8-17)30-13-32-36)5-4-18(22(14)26)33-24-23-19(29-12-31-24)10-28-25(34-23)35-11-15-2-3-16(35)9-27-15;/h4-8,10,12-13,15-16,27H,2-3,9,11H2,1H3,(H,29,31,33);1H/t15-,16-;/m1./s1. The average molecular weight is 535 g/mol. The molecule has 0 saturated carbocycles. The van der Waals surface area contributed by atoms with Crippen molar-refractivity contribution < 1.29 is 9.13 Å².